The summed E-state index contributed by atoms with van der Waals surface area (Å²) < 4.78 is 6.13. The number of ether oxygens (including phenoxy) is 1. The van der Waals surface area contributed by atoms with Crippen molar-refractivity contribution in [2.24, 2.45) is 5.41 Å². The maximum atomic E-state index is 12.7. The minimum atomic E-state index is -0.0575. The summed E-state index contributed by atoms with van der Waals surface area (Å²) in [6, 6.07) is 3.79. The first kappa shape index (κ1) is 21.6. The number of carbonyl (C=O) groups excluding carboxylic acids is 1. The average molecular weight is 436 g/mol. The van der Waals surface area contributed by atoms with Crippen LogP contribution < -0.4 is 10.6 Å². The Labute approximate surface area is 172 Å². The SMILES string of the molecule is COCC1(CNC(=O)c2sc(-c3ccc(Cl)s3)nc2C)CCNCC1.Cl. The van der Waals surface area contributed by atoms with E-state index in [9.17, 15) is 4.79 Å². The van der Waals surface area contributed by atoms with Crippen LogP contribution in [0.4, 0.5) is 0 Å². The summed E-state index contributed by atoms with van der Waals surface area (Å²) in [5.74, 6) is -0.0575. The quantitative estimate of drug-likeness (QED) is 0.719. The van der Waals surface area contributed by atoms with Crippen LogP contribution in [0.15, 0.2) is 12.1 Å². The number of thiazole rings is 1. The van der Waals surface area contributed by atoms with Crippen LogP contribution in [0.2, 0.25) is 4.34 Å². The number of rotatable bonds is 6. The van der Waals surface area contributed by atoms with E-state index in [0.717, 1.165) is 45.8 Å². The molecular formula is C17H23Cl2N3O2S2. The van der Waals surface area contributed by atoms with Gasteiger partial charge in [0, 0.05) is 19.1 Å². The predicted molar refractivity (Wildman–Crippen MR) is 111 cm³/mol. The van der Waals surface area contributed by atoms with Gasteiger partial charge < -0.3 is 15.4 Å². The molecule has 144 valence electrons. The van der Waals surface area contributed by atoms with Gasteiger partial charge in [-0.25, -0.2) is 4.98 Å². The van der Waals surface area contributed by atoms with E-state index in [1.807, 2.05) is 19.1 Å². The highest BCUT2D eigenvalue weighted by molar-refractivity contribution is 7.24. The van der Waals surface area contributed by atoms with Crippen LogP contribution >= 0.6 is 46.7 Å². The van der Waals surface area contributed by atoms with E-state index in [2.05, 4.69) is 15.6 Å². The van der Waals surface area contributed by atoms with E-state index < -0.39 is 0 Å². The normalized spacial score (nSPS) is 16.1. The van der Waals surface area contributed by atoms with Crippen molar-refractivity contribution in [3.8, 4) is 9.88 Å². The van der Waals surface area contributed by atoms with Crippen molar-refractivity contribution in [3.05, 3.63) is 27.0 Å². The number of nitrogens with one attached hydrogen (secondary N) is 2. The van der Waals surface area contributed by atoms with E-state index in [-0.39, 0.29) is 23.7 Å². The van der Waals surface area contributed by atoms with Crippen LogP contribution in [0.5, 0.6) is 0 Å². The molecule has 0 radical (unpaired) electrons. The maximum Gasteiger partial charge on any atom is 0.263 e. The minimum Gasteiger partial charge on any atom is -0.384 e. The van der Waals surface area contributed by atoms with Gasteiger partial charge in [0.1, 0.15) is 9.88 Å². The zero-order chi connectivity index (χ0) is 17.9. The van der Waals surface area contributed by atoms with Gasteiger partial charge >= 0.3 is 0 Å². The molecule has 0 saturated carbocycles. The fourth-order valence-corrected chi connectivity index (χ4v) is 5.21. The number of hydrogen-bond donors (Lipinski definition) is 2. The summed E-state index contributed by atoms with van der Waals surface area (Å²) in [6.45, 7) is 5.08. The second kappa shape index (κ2) is 9.48. The van der Waals surface area contributed by atoms with Gasteiger partial charge in [-0.2, -0.15) is 0 Å². The molecule has 1 aliphatic rings. The third-order valence-electron chi connectivity index (χ3n) is 4.53. The van der Waals surface area contributed by atoms with Crippen molar-refractivity contribution < 1.29 is 9.53 Å². The molecule has 2 aromatic heterocycles. The third-order valence-corrected chi connectivity index (χ3v) is 7.08. The predicted octanol–water partition coefficient (Wildman–Crippen LogP) is 4.00. The number of methoxy groups -OCH3 is 1. The molecule has 2 N–H and O–H groups in total. The van der Waals surface area contributed by atoms with Crippen LogP contribution in [0, 0.1) is 12.3 Å². The van der Waals surface area contributed by atoms with Gasteiger partial charge in [0.15, 0.2) is 0 Å². The first-order valence-electron chi connectivity index (χ1n) is 8.24. The Bertz CT molecular complexity index is 737. The van der Waals surface area contributed by atoms with Gasteiger partial charge in [-0.15, -0.1) is 35.1 Å². The molecule has 1 aliphatic heterocycles. The van der Waals surface area contributed by atoms with E-state index >= 15 is 0 Å². The summed E-state index contributed by atoms with van der Waals surface area (Å²) in [5.41, 5.74) is 0.770. The van der Waals surface area contributed by atoms with E-state index in [4.69, 9.17) is 16.3 Å². The van der Waals surface area contributed by atoms with E-state index in [1.54, 1.807) is 7.11 Å². The lowest BCUT2D eigenvalue weighted by atomic mass is 9.79. The Kier molecular flexibility index (Phi) is 7.88. The second-order valence-electron chi connectivity index (χ2n) is 6.40. The smallest absolute Gasteiger partial charge is 0.263 e. The lowest BCUT2D eigenvalue weighted by Crippen LogP contribution is -2.47. The number of halogens is 2. The topological polar surface area (TPSA) is 63.2 Å². The van der Waals surface area contributed by atoms with Crippen LogP contribution in [0.3, 0.4) is 0 Å². The van der Waals surface area contributed by atoms with Crippen LogP contribution in [-0.4, -0.2) is 44.2 Å². The molecule has 1 amide bonds. The van der Waals surface area contributed by atoms with Gasteiger partial charge in [0.25, 0.3) is 5.91 Å². The zero-order valence-electron chi connectivity index (χ0n) is 14.8. The van der Waals surface area contributed by atoms with Gasteiger partial charge in [-0.05, 0) is 45.0 Å². The summed E-state index contributed by atoms with van der Waals surface area (Å²) in [4.78, 5) is 18.9. The Morgan fingerprint density at radius 2 is 2.12 bits per heavy atom. The standard InChI is InChI=1S/C17H22ClN3O2S2.ClH/c1-11-14(25-16(21-11)12-3-4-13(18)24-12)15(22)20-9-17(10-23-2)5-7-19-8-6-17;/h3-4,19H,5-10H2,1-2H3,(H,20,22);1H. The molecule has 3 heterocycles. The van der Waals surface area contributed by atoms with Crippen molar-refractivity contribution in [2.75, 3.05) is 33.4 Å². The highest BCUT2D eigenvalue weighted by Gasteiger charge is 2.33. The fourth-order valence-electron chi connectivity index (χ4n) is 3.13. The molecule has 0 aliphatic carbocycles. The number of amides is 1. The molecule has 0 unspecified atom stereocenters. The average Bonchev–Trinajstić information content (AvgIpc) is 3.20. The number of aromatic nitrogens is 1. The van der Waals surface area contributed by atoms with Gasteiger partial charge in [-0.1, -0.05) is 11.6 Å². The fraction of sp³-hybridized carbons (Fsp3) is 0.529. The molecule has 1 saturated heterocycles. The molecule has 9 heteroatoms. The van der Waals surface area contributed by atoms with Crippen LogP contribution in [0.25, 0.3) is 9.88 Å². The molecule has 26 heavy (non-hydrogen) atoms. The summed E-state index contributed by atoms with van der Waals surface area (Å²) in [6.07, 6.45) is 2.00. The Morgan fingerprint density at radius 3 is 2.73 bits per heavy atom. The zero-order valence-corrected chi connectivity index (χ0v) is 18.0. The molecule has 0 atom stereocenters. The first-order valence-corrected chi connectivity index (χ1v) is 10.3. The molecular weight excluding hydrogens is 413 g/mol. The molecule has 2 aromatic rings. The number of aryl methyl sites for hydroxylation is 1. The molecule has 0 aromatic carbocycles. The molecule has 1 fully saturated rings. The number of thiophene rings is 1. The highest BCUT2D eigenvalue weighted by Crippen LogP contribution is 2.35. The monoisotopic (exact) mass is 435 g/mol. The summed E-state index contributed by atoms with van der Waals surface area (Å²) in [5, 5.41) is 7.31. The summed E-state index contributed by atoms with van der Waals surface area (Å²) in [7, 11) is 1.72. The third kappa shape index (κ3) is 4.97. The Balaban J connectivity index is 0.00000243. The minimum absolute atomic E-state index is 0. The highest BCUT2D eigenvalue weighted by atomic mass is 35.5. The van der Waals surface area contributed by atoms with E-state index in [0.29, 0.717) is 18.0 Å². The number of nitrogens with zero attached hydrogens (tertiary/aromatic N) is 1. The Morgan fingerprint density at radius 1 is 1.38 bits per heavy atom. The first-order chi connectivity index (χ1) is 12.0. The molecule has 0 spiro atoms. The van der Waals surface area contributed by atoms with Gasteiger partial charge in [0.2, 0.25) is 0 Å². The number of carbonyl (C=O) groups is 1. The Hall–Kier alpha value is -0.700. The van der Waals surface area contributed by atoms with Crippen LogP contribution in [0.1, 0.15) is 28.2 Å². The molecule has 0 bridgehead atoms. The lowest BCUT2D eigenvalue weighted by molar-refractivity contribution is 0.0512. The van der Waals surface area contributed by atoms with Gasteiger partial charge in [-0.3, -0.25) is 4.79 Å². The van der Waals surface area contributed by atoms with Gasteiger partial charge in [0.05, 0.1) is 21.5 Å². The van der Waals surface area contributed by atoms with Crippen molar-refractivity contribution in [3.63, 3.8) is 0 Å². The van der Waals surface area contributed by atoms with Crippen LogP contribution in [-0.2, 0) is 4.74 Å². The van der Waals surface area contributed by atoms with Crippen molar-refractivity contribution in [1.29, 1.82) is 0 Å². The summed E-state index contributed by atoms with van der Waals surface area (Å²) >= 11 is 8.89. The number of piperidine rings is 1. The van der Waals surface area contributed by atoms with E-state index in [1.165, 1.54) is 22.7 Å². The van der Waals surface area contributed by atoms with Crippen molar-refractivity contribution in [2.45, 2.75) is 19.8 Å². The largest absolute Gasteiger partial charge is 0.384 e. The number of hydrogen-bond acceptors (Lipinski definition) is 6. The second-order valence-corrected chi connectivity index (χ2v) is 9.12. The molecule has 3 rings (SSSR count). The maximum absolute atomic E-state index is 12.7. The van der Waals surface area contributed by atoms with Crippen molar-refractivity contribution in [1.82, 2.24) is 15.6 Å². The molecule has 5 nitrogen and oxygen atoms in total. The lowest BCUT2D eigenvalue weighted by Gasteiger charge is -2.37. The van der Waals surface area contributed by atoms with Crippen molar-refractivity contribution >= 4 is 52.6 Å².